The lowest BCUT2D eigenvalue weighted by molar-refractivity contribution is -0.136. The lowest BCUT2D eigenvalue weighted by Gasteiger charge is -2.23. The fraction of sp³-hybridized carbons (Fsp3) is 0.333. The standard InChI is InChI=1S/C21H25NO6S/c1-21(2,3)28-20(24)22-18(14-15-8-6-5-7-9-15)19(23)27-16-10-12-17(13-11-16)29(4,25)26/h5-13,18H,14H2,1-4H3,(H,22,24)/t18-/m0/s1. The van der Waals surface area contributed by atoms with Crippen LogP contribution in [-0.2, 0) is 25.8 Å². The maximum Gasteiger partial charge on any atom is 0.408 e. The first-order valence-electron chi connectivity index (χ1n) is 8.99. The summed E-state index contributed by atoms with van der Waals surface area (Å²) in [6, 6.07) is 13.7. The molecule has 29 heavy (non-hydrogen) atoms. The normalized spacial score (nSPS) is 12.7. The van der Waals surface area contributed by atoms with Gasteiger partial charge in [0.25, 0.3) is 0 Å². The predicted molar refractivity (Wildman–Crippen MR) is 108 cm³/mol. The van der Waals surface area contributed by atoms with E-state index >= 15 is 0 Å². The summed E-state index contributed by atoms with van der Waals surface area (Å²) in [7, 11) is -3.35. The van der Waals surface area contributed by atoms with Crippen molar-refractivity contribution < 1.29 is 27.5 Å². The number of ether oxygens (including phenoxy) is 2. The molecule has 156 valence electrons. The number of nitrogens with one attached hydrogen (secondary N) is 1. The van der Waals surface area contributed by atoms with Crippen molar-refractivity contribution >= 4 is 21.9 Å². The molecule has 0 aliphatic heterocycles. The molecule has 1 atom stereocenters. The van der Waals surface area contributed by atoms with E-state index in [2.05, 4.69) is 5.32 Å². The smallest absolute Gasteiger partial charge is 0.408 e. The van der Waals surface area contributed by atoms with Gasteiger partial charge in [-0.05, 0) is 50.6 Å². The molecule has 0 radical (unpaired) electrons. The number of esters is 1. The zero-order valence-corrected chi connectivity index (χ0v) is 17.7. The topological polar surface area (TPSA) is 98.8 Å². The maximum absolute atomic E-state index is 12.7. The van der Waals surface area contributed by atoms with Crippen LogP contribution in [0.4, 0.5) is 4.79 Å². The molecular weight excluding hydrogens is 394 g/mol. The van der Waals surface area contributed by atoms with E-state index in [-0.39, 0.29) is 17.1 Å². The van der Waals surface area contributed by atoms with Gasteiger partial charge < -0.3 is 14.8 Å². The van der Waals surface area contributed by atoms with Crippen molar-refractivity contribution in [3.8, 4) is 5.75 Å². The average molecular weight is 419 g/mol. The quantitative estimate of drug-likeness (QED) is 0.571. The minimum atomic E-state index is -3.35. The van der Waals surface area contributed by atoms with Crippen LogP contribution in [0.25, 0.3) is 0 Å². The summed E-state index contributed by atoms with van der Waals surface area (Å²) in [6.45, 7) is 5.17. The molecule has 1 amide bonds. The molecule has 0 aliphatic carbocycles. The Kier molecular flexibility index (Phi) is 7.02. The Labute approximate surface area is 170 Å². The van der Waals surface area contributed by atoms with Crippen LogP contribution >= 0.6 is 0 Å². The molecule has 0 unspecified atom stereocenters. The Morgan fingerprint density at radius 2 is 1.59 bits per heavy atom. The largest absolute Gasteiger partial charge is 0.444 e. The summed E-state index contributed by atoms with van der Waals surface area (Å²) in [5.41, 5.74) is 0.116. The second-order valence-electron chi connectivity index (χ2n) is 7.55. The second-order valence-corrected chi connectivity index (χ2v) is 9.57. The Morgan fingerprint density at radius 3 is 2.10 bits per heavy atom. The fourth-order valence-electron chi connectivity index (χ4n) is 2.44. The van der Waals surface area contributed by atoms with Gasteiger partial charge in [-0.1, -0.05) is 30.3 Å². The van der Waals surface area contributed by atoms with E-state index in [0.717, 1.165) is 11.8 Å². The van der Waals surface area contributed by atoms with Crippen molar-refractivity contribution in [3.05, 3.63) is 60.2 Å². The predicted octanol–water partition coefficient (Wildman–Crippen LogP) is 3.13. The van der Waals surface area contributed by atoms with E-state index in [9.17, 15) is 18.0 Å². The minimum absolute atomic E-state index is 0.116. The van der Waals surface area contributed by atoms with E-state index in [1.807, 2.05) is 30.3 Å². The number of carbonyl (C=O) groups is 2. The molecule has 0 aliphatic rings. The van der Waals surface area contributed by atoms with Gasteiger partial charge in [0.15, 0.2) is 9.84 Å². The molecular formula is C21H25NO6S. The number of sulfone groups is 1. The van der Waals surface area contributed by atoms with E-state index < -0.39 is 33.5 Å². The van der Waals surface area contributed by atoms with Gasteiger partial charge >= 0.3 is 12.1 Å². The van der Waals surface area contributed by atoms with Crippen LogP contribution < -0.4 is 10.1 Å². The zero-order valence-electron chi connectivity index (χ0n) is 16.8. The first-order valence-corrected chi connectivity index (χ1v) is 10.9. The fourth-order valence-corrected chi connectivity index (χ4v) is 3.07. The SMILES string of the molecule is CC(C)(C)OC(=O)N[C@@H](Cc1ccccc1)C(=O)Oc1ccc(S(C)(=O)=O)cc1. The highest BCUT2D eigenvalue weighted by atomic mass is 32.2. The van der Waals surface area contributed by atoms with E-state index in [1.165, 1.54) is 24.3 Å². The minimum Gasteiger partial charge on any atom is -0.444 e. The van der Waals surface area contributed by atoms with Crippen LogP contribution in [0.1, 0.15) is 26.3 Å². The number of rotatable bonds is 6. The first kappa shape index (κ1) is 22.4. The number of alkyl carbamates (subject to hydrolysis) is 1. The van der Waals surface area contributed by atoms with Gasteiger partial charge in [-0.15, -0.1) is 0 Å². The first-order chi connectivity index (χ1) is 13.4. The van der Waals surface area contributed by atoms with E-state index in [1.54, 1.807) is 20.8 Å². The molecule has 0 saturated carbocycles. The molecule has 0 saturated heterocycles. The highest BCUT2D eigenvalue weighted by Gasteiger charge is 2.26. The number of hydrogen-bond donors (Lipinski definition) is 1. The van der Waals surface area contributed by atoms with Crippen LogP contribution in [-0.4, -0.2) is 38.4 Å². The molecule has 2 aromatic rings. The van der Waals surface area contributed by atoms with Crippen LogP contribution in [0.3, 0.4) is 0 Å². The molecule has 8 heteroatoms. The van der Waals surface area contributed by atoms with Crippen LogP contribution in [0.15, 0.2) is 59.5 Å². The summed E-state index contributed by atoms with van der Waals surface area (Å²) >= 11 is 0. The third kappa shape index (κ3) is 7.57. The third-order valence-corrected chi connectivity index (χ3v) is 4.86. The molecule has 7 nitrogen and oxygen atoms in total. The summed E-state index contributed by atoms with van der Waals surface area (Å²) in [4.78, 5) is 25.0. The van der Waals surface area contributed by atoms with Gasteiger partial charge in [0.05, 0.1) is 4.90 Å². The van der Waals surface area contributed by atoms with Gasteiger partial charge in [-0.2, -0.15) is 0 Å². The van der Waals surface area contributed by atoms with Gasteiger partial charge in [0.1, 0.15) is 17.4 Å². The Morgan fingerprint density at radius 1 is 1.00 bits per heavy atom. The average Bonchev–Trinajstić information content (AvgIpc) is 2.60. The van der Waals surface area contributed by atoms with Gasteiger partial charge in [-0.25, -0.2) is 18.0 Å². The number of benzene rings is 2. The summed E-state index contributed by atoms with van der Waals surface area (Å²) in [5.74, 6) is -0.515. The van der Waals surface area contributed by atoms with Crippen molar-refractivity contribution in [2.75, 3.05) is 6.26 Å². The van der Waals surface area contributed by atoms with Crippen molar-refractivity contribution in [2.24, 2.45) is 0 Å². The van der Waals surface area contributed by atoms with E-state index in [0.29, 0.717) is 0 Å². The third-order valence-electron chi connectivity index (χ3n) is 3.73. The van der Waals surface area contributed by atoms with Crippen molar-refractivity contribution in [2.45, 2.75) is 43.7 Å². The highest BCUT2D eigenvalue weighted by Crippen LogP contribution is 2.17. The molecule has 2 aromatic carbocycles. The number of hydrogen-bond acceptors (Lipinski definition) is 6. The molecule has 0 heterocycles. The summed E-state index contributed by atoms with van der Waals surface area (Å²) in [6.07, 6.45) is 0.567. The number of carbonyl (C=O) groups excluding carboxylic acids is 2. The van der Waals surface area contributed by atoms with Crippen LogP contribution in [0.5, 0.6) is 5.75 Å². The van der Waals surface area contributed by atoms with Gasteiger partial charge in [0.2, 0.25) is 0 Å². The number of amides is 1. The lowest BCUT2D eigenvalue weighted by Crippen LogP contribution is -2.46. The Hall–Kier alpha value is -2.87. The van der Waals surface area contributed by atoms with Gasteiger partial charge in [-0.3, -0.25) is 0 Å². The molecule has 0 spiro atoms. The van der Waals surface area contributed by atoms with E-state index in [4.69, 9.17) is 9.47 Å². The molecule has 0 fully saturated rings. The lowest BCUT2D eigenvalue weighted by atomic mass is 10.1. The summed E-state index contributed by atoms with van der Waals surface area (Å²) < 4.78 is 33.7. The monoisotopic (exact) mass is 419 g/mol. The Balaban J connectivity index is 2.15. The Bertz CT molecular complexity index is 947. The van der Waals surface area contributed by atoms with Crippen molar-refractivity contribution in [3.63, 3.8) is 0 Å². The second kappa shape index (κ2) is 9.09. The molecule has 0 aromatic heterocycles. The van der Waals surface area contributed by atoms with Crippen molar-refractivity contribution in [1.29, 1.82) is 0 Å². The highest BCUT2D eigenvalue weighted by molar-refractivity contribution is 7.90. The maximum atomic E-state index is 12.7. The van der Waals surface area contributed by atoms with Crippen LogP contribution in [0, 0.1) is 0 Å². The van der Waals surface area contributed by atoms with Crippen molar-refractivity contribution in [1.82, 2.24) is 5.32 Å². The summed E-state index contributed by atoms with van der Waals surface area (Å²) in [5, 5.41) is 2.55. The molecule has 0 bridgehead atoms. The zero-order chi connectivity index (χ0) is 21.7. The molecule has 1 N–H and O–H groups in total. The molecule has 2 rings (SSSR count). The van der Waals surface area contributed by atoms with Crippen LogP contribution in [0.2, 0.25) is 0 Å². The van der Waals surface area contributed by atoms with Gasteiger partial charge in [0, 0.05) is 12.7 Å².